The molecule has 9 heteroatoms. The van der Waals surface area contributed by atoms with Crippen LogP contribution in [0.3, 0.4) is 0 Å². The van der Waals surface area contributed by atoms with Crippen LogP contribution in [0, 0.1) is 5.92 Å². The van der Waals surface area contributed by atoms with Gasteiger partial charge in [-0.1, -0.05) is 68.4 Å². The average Bonchev–Trinajstić information content (AvgIpc) is 3.79. The zero-order valence-electron chi connectivity index (χ0n) is 23.9. The van der Waals surface area contributed by atoms with E-state index in [0.717, 1.165) is 29.5 Å². The van der Waals surface area contributed by atoms with E-state index in [9.17, 15) is 18.0 Å². The summed E-state index contributed by atoms with van der Waals surface area (Å²) in [6.45, 7) is 4.78. The SMILES string of the molecule is COc1ccc(CN(C(=O)CCc2ccc(S(=O)(=O)NC3CC3)cc2)[C@@H](C(=O)NCC(C)C)c2ccccc2)cc1. The Morgan fingerprint density at radius 3 is 2.15 bits per heavy atom. The molecular formula is C32H39N3O5S. The van der Waals surface area contributed by atoms with Crippen molar-refractivity contribution in [2.24, 2.45) is 5.92 Å². The maximum absolute atomic E-state index is 13.9. The van der Waals surface area contributed by atoms with Crippen molar-refractivity contribution in [3.05, 3.63) is 95.6 Å². The smallest absolute Gasteiger partial charge is 0.247 e. The van der Waals surface area contributed by atoms with Crippen LogP contribution in [-0.4, -0.2) is 44.8 Å². The van der Waals surface area contributed by atoms with E-state index >= 15 is 0 Å². The van der Waals surface area contributed by atoms with Crippen molar-refractivity contribution < 1.29 is 22.7 Å². The highest BCUT2D eigenvalue weighted by molar-refractivity contribution is 7.89. The quantitative estimate of drug-likeness (QED) is 0.291. The number of nitrogens with one attached hydrogen (secondary N) is 2. The van der Waals surface area contributed by atoms with Crippen molar-refractivity contribution >= 4 is 21.8 Å². The van der Waals surface area contributed by atoms with E-state index in [-0.39, 0.29) is 41.6 Å². The summed E-state index contributed by atoms with van der Waals surface area (Å²) in [6, 6.07) is 22.6. The van der Waals surface area contributed by atoms with E-state index in [1.807, 2.05) is 68.4 Å². The minimum atomic E-state index is -3.54. The van der Waals surface area contributed by atoms with E-state index in [1.54, 1.807) is 36.3 Å². The van der Waals surface area contributed by atoms with Crippen molar-refractivity contribution in [3.8, 4) is 5.75 Å². The number of methoxy groups -OCH3 is 1. The topological polar surface area (TPSA) is 105 Å². The highest BCUT2D eigenvalue weighted by atomic mass is 32.2. The standard InChI is InChI=1S/C32H39N3O5S/c1-23(2)21-33-32(37)31(26-7-5-4-6-8-26)35(22-25-9-16-28(40-3)17-10-25)30(36)20-13-24-11-18-29(19-12-24)41(38,39)34-27-14-15-27/h4-12,16-19,23,27,31,34H,13-15,20-22H2,1-3H3,(H,33,37)/t31-/m1/s1. The van der Waals surface area contributed by atoms with Gasteiger partial charge in [0.2, 0.25) is 21.8 Å². The van der Waals surface area contributed by atoms with Crippen molar-refractivity contribution in [1.29, 1.82) is 0 Å². The highest BCUT2D eigenvalue weighted by Crippen LogP contribution is 2.26. The zero-order valence-corrected chi connectivity index (χ0v) is 24.7. The van der Waals surface area contributed by atoms with Crippen LogP contribution in [0.2, 0.25) is 0 Å². The molecule has 218 valence electrons. The minimum absolute atomic E-state index is 0.0317. The van der Waals surface area contributed by atoms with Gasteiger partial charge in [0.15, 0.2) is 0 Å². The van der Waals surface area contributed by atoms with Gasteiger partial charge in [-0.3, -0.25) is 9.59 Å². The Labute approximate surface area is 243 Å². The highest BCUT2D eigenvalue weighted by Gasteiger charge is 2.31. The molecule has 1 saturated carbocycles. The lowest BCUT2D eigenvalue weighted by Crippen LogP contribution is -2.44. The lowest BCUT2D eigenvalue weighted by molar-refractivity contribution is -0.141. The molecule has 2 amide bonds. The Kier molecular flexibility index (Phi) is 10.2. The third-order valence-corrected chi connectivity index (χ3v) is 8.49. The van der Waals surface area contributed by atoms with Crippen LogP contribution >= 0.6 is 0 Å². The molecule has 2 N–H and O–H groups in total. The van der Waals surface area contributed by atoms with E-state index in [0.29, 0.717) is 18.7 Å². The Balaban J connectivity index is 1.56. The molecule has 0 spiro atoms. The zero-order chi connectivity index (χ0) is 29.4. The molecule has 0 aromatic heterocycles. The second-order valence-corrected chi connectivity index (χ2v) is 12.6. The maximum Gasteiger partial charge on any atom is 0.247 e. The molecule has 0 heterocycles. The third kappa shape index (κ3) is 8.65. The van der Waals surface area contributed by atoms with Crippen molar-refractivity contribution in [1.82, 2.24) is 14.9 Å². The number of nitrogens with zero attached hydrogens (tertiary/aromatic N) is 1. The predicted octanol–water partition coefficient (Wildman–Crippen LogP) is 4.61. The lowest BCUT2D eigenvalue weighted by atomic mass is 10.0. The monoisotopic (exact) mass is 577 g/mol. The predicted molar refractivity (Wildman–Crippen MR) is 159 cm³/mol. The fraction of sp³-hybridized carbons (Fsp3) is 0.375. The average molecular weight is 578 g/mol. The summed E-state index contributed by atoms with van der Waals surface area (Å²) in [5, 5.41) is 3.02. The number of benzene rings is 3. The molecule has 0 aliphatic heterocycles. The van der Waals surface area contributed by atoms with Gasteiger partial charge in [0.1, 0.15) is 11.8 Å². The Bertz CT molecular complexity index is 1400. The van der Waals surface area contributed by atoms with Gasteiger partial charge in [0.05, 0.1) is 12.0 Å². The third-order valence-electron chi connectivity index (χ3n) is 6.95. The van der Waals surface area contributed by atoms with Crippen molar-refractivity contribution in [2.45, 2.75) is 63.1 Å². The molecule has 0 bridgehead atoms. The first-order valence-corrected chi connectivity index (χ1v) is 15.5. The Morgan fingerprint density at radius 1 is 0.927 bits per heavy atom. The number of ether oxygens (including phenoxy) is 1. The van der Waals surface area contributed by atoms with Gasteiger partial charge in [-0.15, -0.1) is 0 Å². The van der Waals surface area contributed by atoms with Gasteiger partial charge in [-0.25, -0.2) is 13.1 Å². The first kappa shape index (κ1) is 30.3. The Morgan fingerprint density at radius 2 is 1.56 bits per heavy atom. The van der Waals surface area contributed by atoms with E-state index in [1.165, 1.54) is 0 Å². The number of hydrogen-bond acceptors (Lipinski definition) is 5. The van der Waals surface area contributed by atoms with Crippen molar-refractivity contribution in [2.75, 3.05) is 13.7 Å². The fourth-order valence-electron chi connectivity index (χ4n) is 4.48. The summed E-state index contributed by atoms with van der Waals surface area (Å²) < 4.78 is 33.0. The number of carbonyl (C=O) groups is 2. The number of amides is 2. The second-order valence-electron chi connectivity index (χ2n) is 10.9. The molecular weight excluding hydrogens is 538 g/mol. The molecule has 4 rings (SSSR count). The molecule has 0 radical (unpaired) electrons. The van der Waals surface area contributed by atoms with Crippen LogP contribution in [0.25, 0.3) is 0 Å². The van der Waals surface area contributed by atoms with Crippen LogP contribution in [0.1, 0.15) is 55.8 Å². The summed E-state index contributed by atoms with van der Waals surface area (Å²) in [7, 11) is -1.94. The van der Waals surface area contributed by atoms with E-state index < -0.39 is 16.1 Å². The molecule has 3 aromatic rings. The van der Waals surface area contributed by atoms with Gasteiger partial charge in [-0.2, -0.15) is 0 Å². The minimum Gasteiger partial charge on any atom is -0.497 e. The molecule has 41 heavy (non-hydrogen) atoms. The maximum atomic E-state index is 13.9. The number of carbonyl (C=O) groups excluding carboxylic acids is 2. The van der Waals surface area contributed by atoms with Crippen LogP contribution in [-0.2, 0) is 32.6 Å². The number of sulfonamides is 1. The first-order valence-electron chi connectivity index (χ1n) is 14.0. The number of hydrogen-bond donors (Lipinski definition) is 2. The fourth-order valence-corrected chi connectivity index (χ4v) is 5.78. The Hall–Kier alpha value is -3.69. The van der Waals surface area contributed by atoms with Crippen LogP contribution < -0.4 is 14.8 Å². The summed E-state index contributed by atoms with van der Waals surface area (Å²) in [4.78, 5) is 29.3. The summed E-state index contributed by atoms with van der Waals surface area (Å²) in [6.07, 6.45) is 2.30. The van der Waals surface area contributed by atoms with Gasteiger partial charge < -0.3 is 15.0 Å². The molecule has 1 aliphatic carbocycles. The summed E-state index contributed by atoms with van der Waals surface area (Å²) in [5.41, 5.74) is 2.44. The molecule has 1 aliphatic rings. The van der Waals surface area contributed by atoms with Gasteiger partial charge in [0.25, 0.3) is 0 Å². The van der Waals surface area contributed by atoms with Gasteiger partial charge in [0, 0.05) is 25.6 Å². The van der Waals surface area contributed by atoms with Crippen LogP contribution in [0.4, 0.5) is 0 Å². The number of aryl methyl sites for hydroxylation is 1. The molecule has 1 fully saturated rings. The van der Waals surface area contributed by atoms with E-state index in [2.05, 4.69) is 10.0 Å². The van der Waals surface area contributed by atoms with E-state index in [4.69, 9.17) is 4.74 Å². The van der Waals surface area contributed by atoms with Crippen LogP contribution in [0.5, 0.6) is 5.75 Å². The van der Waals surface area contributed by atoms with Crippen LogP contribution in [0.15, 0.2) is 83.8 Å². The molecule has 3 aromatic carbocycles. The number of rotatable bonds is 14. The van der Waals surface area contributed by atoms with Gasteiger partial charge >= 0.3 is 0 Å². The first-order chi connectivity index (χ1) is 19.7. The molecule has 0 unspecified atom stereocenters. The second kappa shape index (κ2) is 13.8. The largest absolute Gasteiger partial charge is 0.497 e. The molecule has 0 saturated heterocycles. The normalized spacial score (nSPS) is 14.0. The molecule has 1 atom stereocenters. The van der Waals surface area contributed by atoms with Crippen molar-refractivity contribution in [3.63, 3.8) is 0 Å². The van der Waals surface area contributed by atoms with Gasteiger partial charge in [-0.05, 0) is 66.1 Å². The summed E-state index contributed by atoms with van der Waals surface area (Å²) >= 11 is 0. The summed E-state index contributed by atoms with van der Waals surface area (Å²) in [5.74, 6) is 0.553. The lowest BCUT2D eigenvalue weighted by Gasteiger charge is -2.32. The molecule has 8 nitrogen and oxygen atoms in total.